The number of carbonyl (C=O) groups excluding carboxylic acids is 2. The average molecular weight is 409 g/mol. The molecule has 2 amide bonds. The van der Waals surface area contributed by atoms with Crippen molar-refractivity contribution in [1.29, 1.82) is 0 Å². The van der Waals surface area contributed by atoms with Crippen LogP contribution in [0.5, 0.6) is 0 Å². The number of carbonyl (C=O) groups is 2. The highest BCUT2D eigenvalue weighted by atomic mass is 35.5. The van der Waals surface area contributed by atoms with E-state index in [0.29, 0.717) is 23.9 Å². The van der Waals surface area contributed by atoms with E-state index >= 15 is 0 Å². The summed E-state index contributed by atoms with van der Waals surface area (Å²) in [6.45, 7) is 2.59. The number of thioether (sulfide) groups is 1. The molecule has 4 nitrogen and oxygen atoms in total. The predicted octanol–water partition coefficient (Wildman–Crippen LogP) is 3.88. The van der Waals surface area contributed by atoms with Gasteiger partial charge in [0.05, 0.1) is 12.3 Å². The molecule has 0 saturated heterocycles. The highest BCUT2D eigenvalue weighted by molar-refractivity contribution is 7.99. The Morgan fingerprint density at radius 3 is 2.52 bits per heavy atom. The standard InChI is InChI=1S/C20H22ClFN2O2S/c1-2-24(12-19(25)23-11-15-7-9-17(22)10-8-15)20(26)14-27-13-16-5-3-4-6-18(16)21/h3-10H,2,11-14H2,1H3,(H,23,25). The zero-order chi connectivity index (χ0) is 19.6. The molecule has 0 aromatic heterocycles. The second-order valence-corrected chi connectivity index (χ2v) is 7.29. The lowest BCUT2D eigenvalue weighted by molar-refractivity contribution is -0.133. The Bertz CT molecular complexity index is 771. The molecular formula is C20H22ClFN2O2S. The zero-order valence-corrected chi connectivity index (χ0v) is 16.7. The lowest BCUT2D eigenvalue weighted by atomic mass is 10.2. The number of halogens is 2. The maximum Gasteiger partial charge on any atom is 0.239 e. The van der Waals surface area contributed by atoms with Crippen molar-refractivity contribution >= 4 is 35.2 Å². The summed E-state index contributed by atoms with van der Waals surface area (Å²) in [6, 6.07) is 13.5. The Balaban J connectivity index is 1.75. The van der Waals surface area contributed by atoms with Crippen LogP contribution >= 0.6 is 23.4 Å². The van der Waals surface area contributed by atoms with Gasteiger partial charge in [-0.15, -0.1) is 11.8 Å². The van der Waals surface area contributed by atoms with E-state index in [4.69, 9.17) is 11.6 Å². The van der Waals surface area contributed by atoms with Gasteiger partial charge in [-0.1, -0.05) is 41.9 Å². The fraction of sp³-hybridized carbons (Fsp3) is 0.300. The summed E-state index contributed by atoms with van der Waals surface area (Å²) in [7, 11) is 0. The average Bonchev–Trinajstić information content (AvgIpc) is 2.67. The molecule has 144 valence electrons. The van der Waals surface area contributed by atoms with Crippen molar-refractivity contribution in [3.63, 3.8) is 0 Å². The molecule has 0 atom stereocenters. The number of rotatable bonds is 9. The van der Waals surface area contributed by atoms with Gasteiger partial charge in [-0.25, -0.2) is 4.39 Å². The van der Waals surface area contributed by atoms with Gasteiger partial charge in [-0.05, 0) is 36.2 Å². The van der Waals surface area contributed by atoms with Crippen molar-refractivity contribution < 1.29 is 14.0 Å². The molecule has 0 saturated carbocycles. The SMILES string of the molecule is CCN(CC(=O)NCc1ccc(F)cc1)C(=O)CSCc1ccccc1Cl. The van der Waals surface area contributed by atoms with Crippen LogP contribution in [0.25, 0.3) is 0 Å². The maximum atomic E-state index is 12.9. The summed E-state index contributed by atoms with van der Waals surface area (Å²) >= 11 is 7.58. The van der Waals surface area contributed by atoms with Crippen LogP contribution < -0.4 is 5.32 Å². The van der Waals surface area contributed by atoms with E-state index in [-0.39, 0.29) is 29.9 Å². The largest absolute Gasteiger partial charge is 0.350 e. The molecule has 2 aromatic rings. The smallest absolute Gasteiger partial charge is 0.239 e. The van der Waals surface area contributed by atoms with Gasteiger partial charge in [0, 0.05) is 23.9 Å². The Morgan fingerprint density at radius 2 is 1.85 bits per heavy atom. The first kappa shape index (κ1) is 21.3. The van der Waals surface area contributed by atoms with Crippen molar-refractivity contribution in [1.82, 2.24) is 10.2 Å². The van der Waals surface area contributed by atoms with Gasteiger partial charge in [0.15, 0.2) is 0 Å². The minimum absolute atomic E-state index is 0.00316. The van der Waals surface area contributed by atoms with Crippen molar-refractivity contribution in [2.24, 2.45) is 0 Å². The number of benzene rings is 2. The van der Waals surface area contributed by atoms with Gasteiger partial charge in [0.2, 0.25) is 11.8 Å². The van der Waals surface area contributed by atoms with Crippen LogP contribution in [-0.2, 0) is 21.9 Å². The van der Waals surface area contributed by atoms with E-state index in [1.165, 1.54) is 28.8 Å². The monoisotopic (exact) mass is 408 g/mol. The molecule has 2 aromatic carbocycles. The van der Waals surface area contributed by atoms with Gasteiger partial charge in [-0.3, -0.25) is 9.59 Å². The number of hydrogen-bond acceptors (Lipinski definition) is 3. The fourth-order valence-corrected chi connectivity index (χ4v) is 3.58. The molecule has 7 heteroatoms. The summed E-state index contributed by atoms with van der Waals surface area (Å²) in [5.41, 5.74) is 1.78. The van der Waals surface area contributed by atoms with Crippen LogP contribution in [0.4, 0.5) is 4.39 Å². The Kier molecular flexibility index (Phi) is 8.61. The topological polar surface area (TPSA) is 49.4 Å². The third kappa shape index (κ3) is 7.23. The molecule has 27 heavy (non-hydrogen) atoms. The second kappa shape index (κ2) is 10.9. The molecule has 0 aliphatic carbocycles. The first-order chi connectivity index (χ1) is 13.0. The molecule has 2 rings (SSSR count). The van der Waals surface area contributed by atoms with E-state index in [2.05, 4.69) is 5.32 Å². The first-order valence-corrected chi connectivity index (χ1v) is 10.1. The van der Waals surface area contributed by atoms with Gasteiger partial charge < -0.3 is 10.2 Å². The van der Waals surface area contributed by atoms with E-state index in [1.807, 2.05) is 31.2 Å². The molecule has 0 aliphatic heterocycles. The predicted molar refractivity (Wildman–Crippen MR) is 108 cm³/mol. The van der Waals surface area contributed by atoms with E-state index in [9.17, 15) is 14.0 Å². The van der Waals surface area contributed by atoms with Gasteiger partial charge in [-0.2, -0.15) is 0 Å². The number of nitrogens with one attached hydrogen (secondary N) is 1. The summed E-state index contributed by atoms with van der Waals surface area (Å²) < 4.78 is 12.9. The maximum absolute atomic E-state index is 12.9. The van der Waals surface area contributed by atoms with E-state index < -0.39 is 0 Å². The normalized spacial score (nSPS) is 10.5. The zero-order valence-electron chi connectivity index (χ0n) is 15.1. The lowest BCUT2D eigenvalue weighted by Gasteiger charge is -2.20. The Hall–Kier alpha value is -2.05. The van der Waals surface area contributed by atoms with Crippen LogP contribution in [0, 0.1) is 5.82 Å². The highest BCUT2D eigenvalue weighted by Crippen LogP contribution is 2.20. The molecular weight excluding hydrogens is 387 g/mol. The third-order valence-electron chi connectivity index (χ3n) is 3.91. The van der Waals surface area contributed by atoms with Crippen LogP contribution in [-0.4, -0.2) is 35.6 Å². The Labute approximate surface area is 168 Å². The van der Waals surface area contributed by atoms with E-state index in [0.717, 1.165) is 11.1 Å². The van der Waals surface area contributed by atoms with Crippen molar-refractivity contribution in [2.75, 3.05) is 18.8 Å². The lowest BCUT2D eigenvalue weighted by Crippen LogP contribution is -2.41. The first-order valence-electron chi connectivity index (χ1n) is 8.59. The van der Waals surface area contributed by atoms with Crippen molar-refractivity contribution in [3.8, 4) is 0 Å². The summed E-state index contributed by atoms with van der Waals surface area (Å²) in [6.07, 6.45) is 0. The van der Waals surface area contributed by atoms with Gasteiger partial charge in [0.25, 0.3) is 0 Å². The number of hydrogen-bond donors (Lipinski definition) is 1. The molecule has 0 spiro atoms. The molecule has 0 unspecified atom stereocenters. The molecule has 0 aliphatic rings. The summed E-state index contributed by atoms with van der Waals surface area (Å²) in [5, 5.41) is 3.43. The summed E-state index contributed by atoms with van der Waals surface area (Å²) in [4.78, 5) is 26.0. The molecule has 1 N–H and O–H groups in total. The minimum atomic E-state index is -0.317. The van der Waals surface area contributed by atoms with Gasteiger partial charge in [0.1, 0.15) is 5.82 Å². The summed E-state index contributed by atoms with van der Waals surface area (Å²) in [5.74, 6) is 0.267. The molecule has 0 radical (unpaired) electrons. The van der Waals surface area contributed by atoms with Crippen LogP contribution in [0.2, 0.25) is 5.02 Å². The second-order valence-electron chi connectivity index (χ2n) is 5.90. The fourth-order valence-electron chi connectivity index (χ4n) is 2.36. The molecule has 0 fully saturated rings. The van der Waals surface area contributed by atoms with Crippen LogP contribution in [0.3, 0.4) is 0 Å². The Morgan fingerprint density at radius 1 is 1.15 bits per heavy atom. The van der Waals surface area contributed by atoms with E-state index in [1.54, 1.807) is 12.1 Å². The number of likely N-dealkylation sites (N-methyl/N-ethyl adjacent to an activating group) is 1. The number of amides is 2. The molecule has 0 heterocycles. The van der Waals surface area contributed by atoms with Crippen LogP contribution in [0.15, 0.2) is 48.5 Å². The number of nitrogens with zero attached hydrogens (tertiary/aromatic N) is 1. The highest BCUT2D eigenvalue weighted by Gasteiger charge is 2.15. The minimum Gasteiger partial charge on any atom is -0.350 e. The van der Waals surface area contributed by atoms with Gasteiger partial charge >= 0.3 is 0 Å². The van der Waals surface area contributed by atoms with Crippen molar-refractivity contribution in [2.45, 2.75) is 19.2 Å². The van der Waals surface area contributed by atoms with Crippen molar-refractivity contribution in [3.05, 3.63) is 70.5 Å². The molecule has 0 bridgehead atoms. The quantitative estimate of drug-likeness (QED) is 0.685. The van der Waals surface area contributed by atoms with Crippen LogP contribution in [0.1, 0.15) is 18.1 Å². The third-order valence-corrected chi connectivity index (χ3v) is 5.25.